The van der Waals surface area contributed by atoms with Crippen LogP contribution in [0.2, 0.25) is 0 Å². The second-order valence-electron chi connectivity index (χ2n) is 6.15. The average Bonchev–Trinajstić information content (AvgIpc) is 3.19. The van der Waals surface area contributed by atoms with Gasteiger partial charge in [0.15, 0.2) is 0 Å². The van der Waals surface area contributed by atoms with Crippen LogP contribution in [-0.4, -0.2) is 47.2 Å². The van der Waals surface area contributed by atoms with Gasteiger partial charge in [0, 0.05) is 30.5 Å². The summed E-state index contributed by atoms with van der Waals surface area (Å²) in [5.74, 6) is -0.946. The fraction of sp³-hybridized carbons (Fsp3) is 0.200. The highest BCUT2D eigenvalue weighted by atomic mass is 16.5. The van der Waals surface area contributed by atoms with Crippen LogP contribution < -0.4 is 4.90 Å². The van der Waals surface area contributed by atoms with E-state index in [0.29, 0.717) is 0 Å². The van der Waals surface area contributed by atoms with Gasteiger partial charge in [-0.25, -0.2) is 9.48 Å². The molecule has 4 rings (SSSR count). The van der Waals surface area contributed by atoms with Gasteiger partial charge in [0.25, 0.3) is 0 Å². The number of anilines is 1. The molecule has 0 aliphatic carbocycles. The van der Waals surface area contributed by atoms with Crippen LogP contribution in [0.15, 0.2) is 60.8 Å². The molecule has 0 spiro atoms. The van der Waals surface area contributed by atoms with Gasteiger partial charge in [-0.3, -0.25) is 0 Å². The van der Waals surface area contributed by atoms with Crippen molar-refractivity contribution in [3.63, 3.8) is 0 Å². The van der Waals surface area contributed by atoms with Crippen LogP contribution in [-0.2, 0) is 4.74 Å². The van der Waals surface area contributed by atoms with Crippen molar-refractivity contribution in [1.29, 1.82) is 0 Å². The van der Waals surface area contributed by atoms with Gasteiger partial charge in [0.1, 0.15) is 0 Å². The Balaban J connectivity index is 1.56. The summed E-state index contributed by atoms with van der Waals surface area (Å²) in [6, 6.07) is 17.0. The Morgan fingerprint density at radius 1 is 1.00 bits per heavy atom. The predicted octanol–water partition coefficient (Wildman–Crippen LogP) is 3.07. The Hall–Kier alpha value is -3.12. The van der Waals surface area contributed by atoms with E-state index in [1.54, 1.807) is 22.9 Å². The number of aromatic nitrogens is 2. The Morgan fingerprint density at radius 2 is 1.77 bits per heavy atom. The molecule has 6 nitrogen and oxygen atoms in total. The molecule has 0 amide bonds. The average molecular weight is 349 g/mol. The van der Waals surface area contributed by atoms with E-state index in [1.165, 1.54) is 5.69 Å². The number of carbonyl (C=O) groups is 1. The molecule has 0 radical (unpaired) electrons. The maximum absolute atomic E-state index is 11.1. The number of morpholine rings is 1. The van der Waals surface area contributed by atoms with Crippen LogP contribution in [0.1, 0.15) is 10.4 Å². The Morgan fingerprint density at radius 3 is 2.50 bits per heavy atom. The third kappa shape index (κ3) is 3.32. The van der Waals surface area contributed by atoms with E-state index in [-0.39, 0.29) is 5.56 Å². The molecule has 1 saturated heterocycles. The van der Waals surface area contributed by atoms with E-state index < -0.39 is 5.97 Å². The minimum Gasteiger partial charge on any atom is -0.478 e. The summed E-state index contributed by atoms with van der Waals surface area (Å²) in [7, 11) is 0. The first kappa shape index (κ1) is 16.4. The fourth-order valence-corrected chi connectivity index (χ4v) is 3.07. The first-order valence-corrected chi connectivity index (χ1v) is 8.53. The second kappa shape index (κ2) is 7.01. The van der Waals surface area contributed by atoms with Gasteiger partial charge in [-0.2, -0.15) is 5.10 Å². The summed E-state index contributed by atoms with van der Waals surface area (Å²) in [4.78, 5) is 13.4. The zero-order valence-electron chi connectivity index (χ0n) is 14.2. The molecule has 26 heavy (non-hydrogen) atoms. The van der Waals surface area contributed by atoms with Gasteiger partial charge in [-0.05, 0) is 36.4 Å². The number of carboxylic acid groups (broad SMARTS) is 1. The van der Waals surface area contributed by atoms with Crippen molar-refractivity contribution in [1.82, 2.24) is 9.78 Å². The quantitative estimate of drug-likeness (QED) is 0.784. The summed E-state index contributed by atoms with van der Waals surface area (Å²) >= 11 is 0. The van der Waals surface area contributed by atoms with Gasteiger partial charge in [0.2, 0.25) is 0 Å². The summed E-state index contributed by atoms with van der Waals surface area (Å²) in [5, 5.41) is 13.7. The summed E-state index contributed by atoms with van der Waals surface area (Å²) in [5.41, 5.74) is 4.02. The number of aromatic carboxylic acids is 1. The maximum Gasteiger partial charge on any atom is 0.335 e. The summed E-state index contributed by atoms with van der Waals surface area (Å²) in [6.07, 6.45) is 1.84. The summed E-state index contributed by atoms with van der Waals surface area (Å²) in [6.45, 7) is 3.35. The number of hydrogen-bond acceptors (Lipinski definition) is 4. The number of carboxylic acids is 1. The molecule has 0 atom stereocenters. The lowest BCUT2D eigenvalue weighted by atomic mass is 10.1. The Kier molecular flexibility index (Phi) is 4.41. The van der Waals surface area contributed by atoms with Crippen molar-refractivity contribution < 1.29 is 14.6 Å². The number of nitrogens with zero attached hydrogens (tertiary/aromatic N) is 3. The standard InChI is InChI=1S/C20H19N3O3/c24-20(25)16-2-1-3-18(14-16)23-9-8-19(21-23)15-4-6-17(7-5-15)22-10-12-26-13-11-22/h1-9,14H,10-13H2,(H,24,25). The largest absolute Gasteiger partial charge is 0.478 e. The lowest BCUT2D eigenvalue weighted by molar-refractivity contribution is 0.0697. The highest BCUT2D eigenvalue weighted by Gasteiger charge is 2.12. The van der Waals surface area contributed by atoms with Crippen LogP contribution >= 0.6 is 0 Å². The van der Waals surface area contributed by atoms with E-state index in [4.69, 9.17) is 9.84 Å². The smallest absolute Gasteiger partial charge is 0.335 e. The van der Waals surface area contributed by atoms with Gasteiger partial charge in [-0.15, -0.1) is 0 Å². The van der Waals surface area contributed by atoms with E-state index in [9.17, 15) is 4.79 Å². The molecular formula is C20H19N3O3. The van der Waals surface area contributed by atoms with Crippen LogP contribution in [0.4, 0.5) is 5.69 Å². The van der Waals surface area contributed by atoms with Crippen molar-refractivity contribution in [2.75, 3.05) is 31.2 Å². The molecule has 2 aromatic carbocycles. The van der Waals surface area contributed by atoms with Crippen molar-refractivity contribution in [2.45, 2.75) is 0 Å². The maximum atomic E-state index is 11.1. The first-order chi connectivity index (χ1) is 12.7. The fourth-order valence-electron chi connectivity index (χ4n) is 3.07. The number of hydrogen-bond donors (Lipinski definition) is 1. The molecule has 2 heterocycles. The SMILES string of the molecule is O=C(O)c1cccc(-n2ccc(-c3ccc(N4CCOCC4)cc3)n2)c1. The number of benzene rings is 2. The van der Waals surface area contributed by atoms with Crippen LogP contribution in [0.5, 0.6) is 0 Å². The van der Waals surface area contributed by atoms with Crippen molar-refractivity contribution in [2.24, 2.45) is 0 Å². The first-order valence-electron chi connectivity index (χ1n) is 8.53. The molecule has 1 fully saturated rings. The molecule has 1 aromatic heterocycles. The lowest BCUT2D eigenvalue weighted by Crippen LogP contribution is -2.36. The number of rotatable bonds is 4. The topological polar surface area (TPSA) is 67.6 Å². The van der Waals surface area contributed by atoms with Crippen LogP contribution in [0.3, 0.4) is 0 Å². The Labute approximate surface area is 151 Å². The van der Waals surface area contributed by atoms with Gasteiger partial charge in [-0.1, -0.05) is 18.2 Å². The molecule has 0 bridgehead atoms. The predicted molar refractivity (Wildman–Crippen MR) is 99.0 cm³/mol. The third-order valence-electron chi connectivity index (χ3n) is 4.49. The van der Waals surface area contributed by atoms with E-state index >= 15 is 0 Å². The van der Waals surface area contributed by atoms with Gasteiger partial charge in [0.05, 0.1) is 30.2 Å². The number of ether oxygens (including phenoxy) is 1. The van der Waals surface area contributed by atoms with Gasteiger partial charge < -0.3 is 14.7 Å². The molecule has 3 aromatic rings. The molecule has 1 aliphatic heterocycles. The third-order valence-corrected chi connectivity index (χ3v) is 4.49. The monoisotopic (exact) mass is 349 g/mol. The molecule has 132 valence electrons. The van der Waals surface area contributed by atoms with Gasteiger partial charge >= 0.3 is 5.97 Å². The minimum atomic E-state index is -0.946. The molecule has 6 heteroatoms. The van der Waals surface area contributed by atoms with Crippen molar-refractivity contribution in [3.8, 4) is 16.9 Å². The highest BCUT2D eigenvalue weighted by Crippen LogP contribution is 2.23. The molecule has 0 unspecified atom stereocenters. The zero-order valence-corrected chi connectivity index (χ0v) is 14.2. The summed E-state index contributed by atoms with van der Waals surface area (Å²) < 4.78 is 7.08. The Bertz CT molecular complexity index is 912. The van der Waals surface area contributed by atoms with E-state index in [0.717, 1.165) is 43.2 Å². The minimum absolute atomic E-state index is 0.245. The molecule has 0 saturated carbocycles. The molecular weight excluding hydrogens is 330 g/mol. The van der Waals surface area contributed by atoms with Crippen LogP contribution in [0.25, 0.3) is 16.9 Å². The van der Waals surface area contributed by atoms with Crippen molar-refractivity contribution >= 4 is 11.7 Å². The van der Waals surface area contributed by atoms with E-state index in [2.05, 4.69) is 34.3 Å². The van der Waals surface area contributed by atoms with Crippen molar-refractivity contribution in [3.05, 3.63) is 66.4 Å². The van der Waals surface area contributed by atoms with E-state index in [1.807, 2.05) is 18.3 Å². The highest BCUT2D eigenvalue weighted by molar-refractivity contribution is 5.88. The molecule has 1 aliphatic rings. The zero-order chi connectivity index (χ0) is 17.9. The van der Waals surface area contributed by atoms with Crippen LogP contribution in [0, 0.1) is 0 Å². The molecule has 1 N–H and O–H groups in total. The second-order valence-corrected chi connectivity index (χ2v) is 6.15. The normalized spacial score (nSPS) is 14.4. The lowest BCUT2D eigenvalue weighted by Gasteiger charge is -2.28.